The number of hydrogen-bond donors (Lipinski definition) is 3. The van der Waals surface area contributed by atoms with Gasteiger partial charge in [0.05, 0.1) is 54.6 Å². The maximum absolute atomic E-state index is 16.1. The number of ether oxygens (including phenoxy) is 2. The predicted molar refractivity (Wildman–Crippen MR) is 304 cm³/mol. The van der Waals surface area contributed by atoms with E-state index in [-0.39, 0.29) is 51.3 Å². The van der Waals surface area contributed by atoms with Gasteiger partial charge in [0.25, 0.3) is 0 Å². The van der Waals surface area contributed by atoms with Crippen molar-refractivity contribution in [3.05, 3.63) is 214 Å². The first-order valence-corrected chi connectivity index (χ1v) is 26.1. The molecule has 402 valence electrons. The minimum Gasteiger partial charge on any atom is -0.491 e. The molecule has 0 saturated heterocycles. The Balaban J connectivity index is 0.860. The first-order chi connectivity index (χ1) is 39.4. The molecule has 0 aliphatic rings. The number of hydrogen-bond acceptors (Lipinski definition) is 17. The number of nitrogens with one attached hydrogen (secondary N) is 3. The molecule has 0 aliphatic heterocycles. The summed E-state index contributed by atoms with van der Waals surface area (Å²) in [5, 5.41) is 14.0. The van der Waals surface area contributed by atoms with Gasteiger partial charge in [0.15, 0.2) is 29.0 Å². The third kappa shape index (κ3) is 11.3. The van der Waals surface area contributed by atoms with Gasteiger partial charge in [0.2, 0.25) is 0 Å². The lowest BCUT2D eigenvalue weighted by molar-refractivity contribution is 0.0601. The van der Waals surface area contributed by atoms with Crippen LogP contribution in [0.2, 0.25) is 0 Å². The first-order valence-electron chi connectivity index (χ1n) is 25.2. The number of nitrogens with zero attached hydrogens (tertiary/aromatic N) is 9. The van der Waals surface area contributed by atoms with Crippen LogP contribution in [0, 0.1) is 38.2 Å². The molecule has 0 atom stereocenters. The molecule has 3 N–H and O–H groups in total. The molecule has 16 nitrogen and oxygen atoms in total. The van der Waals surface area contributed by atoms with E-state index >= 15 is 13.2 Å². The molecule has 0 saturated carbocycles. The molecule has 0 aliphatic carbocycles. The maximum atomic E-state index is 16.1. The van der Waals surface area contributed by atoms with Gasteiger partial charge in [-0.25, -0.2) is 47.9 Å². The SMILES string of the molecule is COC(=O)c1cnccc1Nc1nc(-c2cc(Cc3nccc(Nc4nc(-c5cc(Cc6nccc(Nc7nc(-c8cc(C)ccc8F)ncc7-c7ccco7)c6C)ccc5F)ncc4-c4ccsc4)c3C)ccc2F)ncc1OC. The fourth-order valence-corrected chi connectivity index (χ4v) is 9.70. The van der Waals surface area contributed by atoms with Gasteiger partial charge in [-0.1, -0.05) is 23.8 Å². The smallest absolute Gasteiger partial charge is 0.341 e. The second-order valence-electron chi connectivity index (χ2n) is 18.6. The summed E-state index contributed by atoms with van der Waals surface area (Å²) >= 11 is 1.52. The summed E-state index contributed by atoms with van der Waals surface area (Å²) in [5.74, 6) is 0.0829. The van der Waals surface area contributed by atoms with Gasteiger partial charge in [0, 0.05) is 78.3 Å². The zero-order valence-electron chi connectivity index (χ0n) is 44.0. The van der Waals surface area contributed by atoms with Crippen molar-refractivity contribution in [3.8, 4) is 62.4 Å². The number of aryl methyl sites for hydroxylation is 1. The Bertz CT molecular complexity index is 4150. The van der Waals surface area contributed by atoms with E-state index in [9.17, 15) is 4.79 Å². The number of carbonyl (C=O) groups excluding carboxylic acids is 1. The fraction of sp³-hybridized carbons (Fsp3) is 0.115. The second kappa shape index (κ2) is 23.0. The quantitative estimate of drug-likeness (QED) is 0.0726. The van der Waals surface area contributed by atoms with Crippen LogP contribution in [0.1, 0.15) is 49.6 Å². The topological polar surface area (TPSA) is 201 Å². The van der Waals surface area contributed by atoms with E-state index in [1.54, 1.807) is 85.6 Å². The molecular formula is C61H47F3N12O4S. The van der Waals surface area contributed by atoms with Gasteiger partial charge in [0.1, 0.15) is 40.4 Å². The van der Waals surface area contributed by atoms with Crippen LogP contribution in [0.5, 0.6) is 5.75 Å². The Morgan fingerprint density at radius 1 is 0.580 bits per heavy atom. The lowest BCUT2D eigenvalue weighted by atomic mass is 10.0. The summed E-state index contributed by atoms with van der Waals surface area (Å²) in [5.41, 5.74) is 9.91. The number of furan rings is 1. The standard InChI is InChI=1S/C61H47F3N12O4S/c1-33-8-11-45(62)39(23-33)55-69-30-44(53-7-6-21-80-53)59(75-55)72-49-16-20-67-52(35(49)3)26-36-9-12-46(63)40(24-36)56-68-29-42(38-17-22-81-32-38)58(74-56)71-48-15-19-66-51(34(48)2)27-37-10-13-47(64)41(25-37)57-70-31-54(78-4)60(76-57)73-50-14-18-65-28-43(50)61(77)79-5/h6-25,28-32H,26-27H2,1-5H3,(H,65,70,73,76)(H,66,68,71,74)(H,67,69,72,75). The molecule has 11 rings (SSSR count). The fourth-order valence-electron chi connectivity index (χ4n) is 9.04. The van der Waals surface area contributed by atoms with Crippen molar-refractivity contribution in [2.24, 2.45) is 0 Å². The van der Waals surface area contributed by atoms with E-state index in [0.717, 1.165) is 33.4 Å². The predicted octanol–water partition coefficient (Wildman–Crippen LogP) is 13.8. The average molecular weight is 1100 g/mol. The molecule has 8 aromatic heterocycles. The number of carbonyl (C=O) groups is 1. The molecule has 11 aromatic rings. The molecule has 0 unspecified atom stereocenters. The number of esters is 1. The van der Waals surface area contributed by atoms with Gasteiger partial charge in [-0.15, -0.1) is 0 Å². The maximum Gasteiger partial charge on any atom is 0.341 e. The summed E-state index contributed by atoms with van der Waals surface area (Å²) in [4.78, 5) is 54.0. The molecule has 0 spiro atoms. The number of halogens is 3. The van der Waals surface area contributed by atoms with Crippen molar-refractivity contribution in [3.63, 3.8) is 0 Å². The molecule has 0 bridgehead atoms. The Kier molecular flexibility index (Phi) is 15.0. The highest BCUT2D eigenvalue weighted by Crippen LogP contribution is 2.37. The first kappa shape index (κ1) is 52.8. The molecular weight excluding hydrogens is 1050 g/mol. The van der Waals surface area contributed by atoms with Gasteiger partial charge >= 0.3 is 5.97 Å². The zero-order chi connectivity index (χ0) is 56.1. The summed E-state index contributed by atoms with van der Waals surface area (Å²) in [7, 11) is 2.71. The molecule has 20 heteroatoms. The molecule has 8 heterocycles. The Morgan fingerprint density at radius 2 is 1.14 bits per heavy atom. The number of methoxy groups -OCH3 is 2. The zero-order valence-corrected chi connectivity index (χ0v) is 44.9. The van der Waals surface area contributed by atoms with Crippen molar-refractivity contribution in [1.29, 1.82) is 0 Å². The highest BCUT2D eigenvalue weighted by molar-refractivity contribution is 7.08. The van der Waals surface area contributed by atoms with Gasteiger partial charge in [-0.05, 0) is 132 Å². The normalized spacial score (nSPS) is 11.1. The van der Waals surface area contributed by atoms with Crippen LogP contribution in [-0.4, -0.2) is 65.0 Å². The van der Waals surface area contributed by atoms with Crippen molar-refractivity contribution < 1.29 is 31.9 Å². The number of aromatic nitrogens is 9. The van der Waals surface area contributed by atoms with Gasteiger partial charge in [-0.3, -0.25) is 15.0 Å². The Labute approximate surface area is 466 Å². The number of rotatable bonds is 17. The third-order valence-corrected chi connectivity index (χ3v) is 14.1. The van der Waals surface area contributed by atoms with Crippen LogP contribution < -0.4 is 20.7 Å². The van der Waals surface area contributed by atoms with E-state index in [1.807, 2.05) is 49.7 Å². The largest absolute Gasteiger partial charge is 0.491 e. The van der Waals surface area contributed by atoms with Crippen LogP contribution >= 0.6 is 11.3 Å². The van der Waals surface area contributed by atoms with Crippen molar-refractivity contribution in [1.82, 2.24) is 44.9 Å². The minimum absolute atomic E-state index is 0.0657. The summed E-state index contributed by atoms with van der Waals surface area (Å²) in [6, 6.07) is 25.1. The van der Waals surface area contributed by atoms with Crippen LogP contribution in [0.3, 0.4) is 0 Å². The molecule has 0 amide bonds. The van der Waals surface area contributed by atoms with Crippen molar-refractivity contribution >= 4 is 51.8 Å². The molecule has 3 aromatic carbocycles. The highest BCUT2D eigenvalue weighted by Gasteiger charge is 2.22. The molecule has 0 radical (unpaired) electrons. The van der Waals surface area contributed by atoms with E-state index in [1.165, 1.54) is 62.3 Å². The number of benzene rings is 3. The van der Waals surface area contributed by atoms with Gasteiger partial charge in [-0.2, -0.15) is 11.3 Å². The van der Waals surface area contributed by atoms with Crippen LogP contribution in [0.4, 0.5) is 47.7 Å². The van der Waals surface area contributed by atoms with Gasteiger partial charge < -0.3 is 29.8 Å². The summed E-state index contributed by atoms with van der Waals surface area (Å²) in [6.07, 6.45) is 13.1. The van der Waals surface area contributed by atoms with E-state index in [4.69, 9.17) is 38.8 Å². The Morgan fingerprint density at radius 3 is 1.72 bits per heavy atom. The van der Waals surface area contributed by atoms with E-state index in [0.29, 0.717) is 69.8 Å². The van der Waals surface area contributed by atoms with Crippen LogP contribution in [-0.2, 0) is 17.6 Å². The second-order valence-corrected chi connectivity index (χ2v) is 19.4. The molecule has 0 fully saturated rings. The third-order valence-electron chi connectivity index (χ3n) is 13.4. The number of thiophene rings is 1. The number of anilines is 6. The average Bonchev–Trinajstić information content (AvgIpc) is 4.26. The number of pyridine rings is 3. The van der Waals surface area contributed by atoms with E-state index in [2.05, 4.69) is 35.9 Å². The van der Waals surface area contributed by atoms with Crippen molar-refractivity contribution in [2.45, 2.75) is 33.6 Å². The highest BCUT2D eigenvalue weighted by atomic mass is 32.1. The van der Waals surface area contributed by atoms with Crippen LogP contribution in [0.25, 0.3) is 56.6 Å². The minimum atomic E-state index is -0.613. The lowest BCUT2D eigenvalue weighted by Gasteiger charge is -2.16. The summed E-state index contributed by atoms with van der Waals surface area (Å²) < 4.78 is 63.1. The lowest BCUT2D eigenvalue weighted by Crippen LogP contribution is -2.08. The van der Waals surface area contributed by atoms with Crippen molar-refractivity contribution in [2.75, 3.05) is 30.2 Å². The monoisotopic (exact) mass is 1100 g/mol. The Hall–Kier alpha value is -10.2. The molecule has 81 heavy (non-hydrogen) atoms. The van der Waals surface area contributed by atoms with Crippen LogP contribution in [0.15, 0.2) is 156 Å². The van der Waals surface area contributed by atoms with E-state index < -0.39 is 23.4 Å². The summed E-state index contributed by atoms with van der Waals surface area (Å²) in [6.45, 7) is 5.73.